The Labute approximate surface area is 174 Å². The number of nitriles is 1. The lowest BCUT2D eigenvalue weighted by molar-refractivity contribution is 0.195. The first-order valence-corrected chi connectivity index (χ1v) is 10.2. The third-order valence-electron chi connectivity index (χ3n) is 6.27. The average molecular weight is 398 g/mol. The van der Waals surface area contributed by atoms with Crippen molar-refractivity contribution in [3.8, 4) is 6.07 Å². The summed E-state index contributed by atoms with van der Waals surface area (Å²) in [6.45, 7) is 0. The Bertz CT molecular complexity index is 1160. The van der Waals surface area contributed by atoms with Crippen LogP contribution in [0.1, 0.15) is 54.5 Å². The Morgan fingerprint density at radius 2 is 1.97 bits per heavy atom. The van der Waals surface area contributed by atoms with Gasteiger partial charge in [-0.1, -0.05) is 36.4 Å². The Hall–Kier alpha value is -3.66. The molecule has 5 rings (SSSR count). The van der Waals surface area contributed by atoms with E-state index in [1.165, 1.54) is 0 Å². The number of hydrogen-bond donors (Lipinski definition) is 2. The van der Waals surface area contributed by atoms with Crippen molar-refractivity contribution in [1.29, 1.82) is 10.7 Å². The fourth-order valence-corrected chi connectivity index (χ4v) is 4.67. The number of nitrogens with zero attached hydrogens (tertiary/aromatic N) is 4. The normalized spacial score (nSPS) is 23.2. The molecule has 7 nitrogen and oxygen atoms in total. The van der Waals surface area contributed by atoms with Crippen molar-refractivity contribution >= 4 is 17.4 Å². The second kappa shape index (κ2) is 7.30. The minimum Gasteiger partial charge on any atom is -0.335 e. The molecule has 1 aromatic carbocycles. The van der Waals surface area contributed by atoms with Gasteiger partial charge in [0.25, 0.3) is 0 Å². The second-order valence-corrected chi connectivity index (χ2v) is 8.01. The summed E-state index contributed by atoms with van der Waals surface area (Å²) < 4.78 is 1.68. The lowest BCUT2D eigenvalue weighted by atomic mass is 9.75. The minimum atomic E-state index is -0.177. The molecule has 2 N–H and O–H groups in total. The average Bonchev–Trinajstić information content (AvgIpc) is 3.37. The first-order valence-electron chi connectivity index (χ1n) is 10.2. The van der Waals surface area contributed by atoms with E-state index in [2.05, 4.69) is 16.5 Å². The van der Waals surface area contributed by atoms with E-state index in [0.717, 1.165) is 35.9 Å². The van der Waals surface area contributed by atoms with E-state index >= 15 is 0 Å². The molecule has 0 radical (unpaired) electrons. The van der Waals surface area contributed by atoms with E-state index in [0.29, 0.717) is 23.9 Å². The van der Waals surface area contributed by atoms with Gasteiger partial charge < -0.3 is 5.32 Å². The highest BCUT2D eigenvalue weighted by Gasteiger charge is 2.38. The number of carbonyl (C=O) groups excluding carboxylic acids is 1. The minimum absolute atomic E-state index is 0.0699. The van der Waals surface area contributed by atoms with Gasteiger partial charge in [-0.2, -0.15) is 10.4 Å². The number of hydrogen-bond acceptors (Lipinski definition) is 4. The van der Waals surface area contributed by atoms with Gasteiger partial charge in [0.2, 0.25) is 0 Å². The molecule has 1 atom stereocenters. The van der Waals surface area contributed by atoms with Gasteiger partial charge in [-0.25, -0.2) is 9.31 Å². The summed E-state index contributed by atoms with van der Waals surface area (Å²) in [6, 6.07) is 17.7. The third kappa shape index (κ3) is 3.01. The van der Waals surface area contributed by atoms with Crippen LogP contribution in [0.2, 0.25) is 0 Å². The molecule has 1 saturated heterocycles. The van der Waals surface area contributed by atoms with Crippen molar-refractivity contribution < 1.29 is 4.79 Å². The molecule has 1 saturated carbocycles. The molecule has 150 valence electrons. The van der Waals surface area contributed by atoms with Crippen LogP contribution in [0, 0.1) is 16.7 Å². The van der Waals surface area contributed by atoms with Gasteiger partial charge in [0, 0.05) is 12.5 Å². The van der Waals surface area contributed by atoms with Crippen LogP contribution in [-0.4, -0.2) is 32.4 Å². The Kier molecular flexibility index (Phi) is 4.47. The summed E-state index contributed by atoms with van der Waals surface area (Å²) in [5.74, 6) is 0.704. The van der Waals surface area contributed by atoms with Crippen LogP contribution < -0.4 is 5.32 Å². The van der Waals surface area contributed by atoms with Crippen molar-refractivity contribution in [3.05, 3.63) is 71.5 Å². The first kappa shape index (κ1) is 18.4. The maximum absolute atomic E-state index is 13.0. The van der Waals surface area contributed by atoms with E-state index < -0.39 is 0 Å². The second-order valence-electron chi connectivity index (χ2n) is 8.01. The number of benzene rings is 1. The number of amidine groups is 1. The number of fused-ring (bicyclic) bond motifs is 1. The Balaban J connectivity index is 1.26. The van der Waals surface area contributed by atoms with Gasteiger partial charge in [0.15, 0.2) is 0 Å². The number of likely N-dealkylation sites (tertiary alicyclic amines) is 1. The number of rotatable bonds is 3. The lowest BCUT2D eigenvalue weighted by Gasteiger charge is -2.38. The smallest absolute Gasteiger partial charge is 0.323 e. The molecular formula is C23H22N6O. The van der Waals surface area contributed by atoms with E-state index in [9.17, 15) is 10.1 Å². The third-order valence-corrected chi connectivity index (χ3v) is 6.27. The van der Waals surface area contributed by atoms with Crippen molar-refractivity contribution in [3.63, 3.8) is 0 Å². The number of carbonyl (C=O) groups is 1. The van der Waals surface area contributed by atoms with Gasteiger partial charge >= 0.3 is 6.03 Å². The fraction of sp³-hybridized carbons (Fsp3) is 0.304. The first-order chi connectivity index (χ1) is 14.7. The fourth-order valence-electron chi connectivity index (χ4n) is 4.67. The van der Waals surface area contributed by atoms with E-state index in [4.69, 9.17) is 5.41 Å². The van der Waals surface area contributed by atoms with E-state index in [-0.39, 0.29) is 18.1 Å². The molecule has 0 spiro atoms. The summed E-state index contributed by atoms with van der Waals surface area (Å²) in [6.07, 6.45) is 4.80. The van der Waals surface area contributed by atoms with Crippen molar-refractivity contribution in [2.75, 3.05) is 0 Å². The molecule has 1 aliphatic heterocycles. The maximum Gasteiger partial charge on any atom is 0.323 e. The van der Waals surface area contributed by atoms with E-state index in [1.54, 1.807) is 21.7 Å². The van der Waals surface area contributed by atoms with Crippen LogP contribution in [0.4, 0.5) is 4.79 Å². The zero-order chi connectivity index (χ0) is 20.7. The van der Waals surface area contributed by atoms with Gasteiger partial charge in [-0.05, 0) is 48.4 Å². The zero-order valence-corrected chi connectivity index (χ0v) is 16.5. The molecule has 7 heteroatoms. The Morgan fingerprint density at radius 1 is 1.17 bits per heavy atom. The number of urea groups is 1. The van der Waals surface area contributed by atoms with Crippen LogP contribution >= 0.6 is 0 Å². The molecule has 1 aliphatic carbocycles. The highest BCUT2D eigenvalue weighted by atomic mass is 16.2. The summed E-state index contributed by atoms with van der Waals surface area (Å²) in [5.41, 5.74) is 3.70. The zero-order valence-electron chi connectivity index (χ0n) is 16.5. The summed E-state index contributed by atoms with van der Waals surface area (Å²) in [4.78, 5) is 14.6. The SMILES string of the molecule is N#Cc1ccc(C2CC(NC(=O)N3C(=N)CCC3c3ccccc3)C2)c2ccnn12. The summed E-state index contributed by atoms with van der Waals surface area (Å²) in [5, 5.41) is 24.9. The van der Waals surface area contributed by atoms with Crippen LogP contribution in [0.15, 0.2) is 54.7 Å². The maximum atomic E-state index is 13.0. The molecule has 2 fully saturated rings. The monoisotopic (exact) mass is 398 g/mol. The van der Waals surface area contributed by atoms with Gasteiger partial charge in [0.1, 0.15) is 17.6 Å². The van der Waals surface area contributed by atoms with Crippen LogP contribution in [0.25, 0.3) is 5.52 Å². The molecule has 30 heavy (non-hydrogen) atoms. The van der Waals surface area contributed by atoms with Crippen LogP contribution in [0.5, 0.6) is 0 Å². The molecule has 2 aromatic heterocycles. The lowest BCUT2D eigenvalue weighted by Crippen LogP contribution is -2.50. The largest absolute Gasteiger partial charge is 0.335 e. The van der Waals surface area contributed by atoms with Crippen LogP contribution in [0.3, 0.4) is 0 Å². The number of aromatic nitrogens is 2. The molecule has 2 aliphatic rings. The molecule has 3 heterocycles. The van der Waals surface area contributed by atoms with Gasteiger partial charge in [-0.15, -0.1) is 0 Å². The van der Waals surface area contributed by atoms with Crippen molar-refractivity contribution in [2.24, 2.45) is 0 Å². The summed E-state index contributed by atoms with van der Waals surface area (Å²) >= 11 is 0. The van der Waals surface area contributed by atoms with Crippen molar-refractivity contribution in [1.82, 2.24) is 19.8 Å². The molecule has 3 aromatic rings. The molecule has 1 unspecified atom stereocenters. The quantitative estimate of drug-likeness (QED) is 0.698. The number of nitrogens with one attached hydrogen (secondary N) is 2. The predicted molar refractivity (Wildman–Crippen MR) is 112 cm³/mol. The highest BCUT2D eigenvalue weighted by molar-refractivity contribution is 5.98. The molecule has 2 amide bonds. The topological polar surface area (TPSA) is 97.3 Å². The standard InChI is InChI=1S/C23H22N6O/c24-14-18-6-7-19(21-10-11-26-29(18)21)16-12-17(13-16)27-23(30)28-20(8-9-22(28)25)15-4-2-1-3-5-15/h1-7,10-11,16-17,20,25H,8-9,12-13H2,(H,27,30). The number of pyridine rings is 1. The van der Waals surface area contributed by atoms with Gasteiger partial charge in [-0.3, -0.25) is 10.3 Å². The van der Waals surface area contributed by atoms with Crippen LogP contribution in [-0.2, 0) is 0 Å². The molecule has 0 bridgehead atoms. The molecular weight excluding hydrogens is 376 g/mol. The highest BCUT2D eigenvalue weighted by Crippen LogP contribution is 2.40. The van der Waals surface area contributed by atoms with Crippen molar-refractivity contribution in [2.45, 2.75) is 43.7 Å². The predicted octanol–water partition coefficient (Wildman–Crippen LogP) is 3.98. The summed E-state index contributed by atoms with van der Waals surface area (Å²) in [7, 11) is 0. The van der Waals surface area contributed by atoms with Gasteiger partial charge in [0.05, 0.1) is 17.8 Å². The van der Waals surface area contributed by atoms with E-state index in [1.807, 2.05) is 42.5 Å². The Morgan fingerprint density at radius 3 is 2.73 bits per heavy atom. The number of amides is 2.